The SMILES string of the molecule is COc1ccc(C2(O)CSC3=C(C#N)C(c4cccc(OC)c4OC)CC(=O)N32)cc1OC. The van der Waals surface area contributed by atoms with Gasteiger partial charge in [-0.25, -0.2) is 0 Å². The molecule has 2 aliphatic rings. The number of carbonyl (C=O) groups is 1. The molecular weight excluding hydrogens is 444 g/mol. The van der Waals surface area contributed by atoms with Gasteiger partial charge in [-0.1, -0.05) is 18.2 Å². The van der Waals surface area contributed by atoms with Crippen LogP contribution in [0.1, 0.15) is 23.5 Å². The summed E-state index contributed by atoms with van der Waals surface area (Å²) in [5, 5.41) is 22.2. The molecule has 0 aromatic heterocycles. The van der Waals surface area contributed by atoms with E-state index in [9.17, 15) is 15.2 Å². The Kier molecular flexibility index (Phi) is 6.15. The van der Waals surface area contributed by atoms with Gasteiger partial charge in [-0.3, -0.25) is 9.69 Å². The average Bonchev–Trinajstić information content (AvgIpc) is 3.21. The highest BCUT2D eigenvalue weighted by atomic mass is 32.2. The first-order valence-electron chi connectivity index (χ1n) is 10.2. The molecule has 9 heteroatoms. The highest BCUT2D eigenvalue weighted by Gasteiger charge is 2.52. The van der Waals surface area contributed by atoms with E-state index >= 15 is 0 Å². The number of nitrogens with zero attached hydrogens (tertiary/aromatic N) is 2. The Morgan fingerprint density at radius 2 is 1.79 bits per heavy atom. The lowest BCUT2D eigenvalue weighted by Crippen LogP contribution is -2.48. The van der Waals surface area contributed by atoms with Crippen molar-refractivity contribution in [3.8, 4) is 29.1 Å². The molecule has 0 spiro atoms. The summed E-state index contributed by atoms with van der Waals surface area (Å²) in [4.78, 5) is 14.8. The van der Waals surface area contributed by atoms with Gasteiger partial charge in [-0.2, -0.15) is 5.26 Å². The van der Waals surface area contributed by atoms with Gasteiger partial charge < -0.3 is 24.1 Å². The Hall–Kier alpha value is -3.35. The molecule has 2 aromatic carbocycles. The number of carbonyl (C=O) groups excluding carboxylic acids is 1. The molecule has 0 radical (unpaired) electrons. The molecule has 0 bridgehead atoms. The molecular formula is C24H24N2O6S. The second-order valence-electron chi connectivity index (χ2n) is 7.57. The molecule has 33 heavy (non-hydrogen) atoms. The van der Waals surface area contributed by atoms with Crippen LogP contribution in [0.25, 0.3) is 0 Å². The van der Waals surface area contributed by atoms with Gasteiger partial charge in [0.25, 0.3) is 0 Å². The third kappa shape index (κ3) is 3.56. The number of nitriles is 1. The summed E-state index contributed by atoms with van der Waals surface area (Å²) < 4.78 is 21.6. The van der Waals surface area contributed by atoms with Crippen molar-refractivity contribution in [1.29, 1.82) is 5.26 Å². The van der Waals surface area contributed by atoms with Gasteiger partial charge in [0, 0.05) is 23.5 Å². The molecule has 1 fully saturated rings. The summed E-state index contributed by atoms with van der Waals surface area (Å²) in [6.07, 6.45) is 0.00603. The van der Waals surface area contributed by atoms with E-state index in [4.69, 9.17) is 18.9 Å². The van der Waals surface area contributed by atoms with E-state index in [0.29, 0.717) is 44.7 Å². The Balaban J connectivity index is 1.82. The monoisotopic (exact) mass is 468 g/mol. The van der Waals surface area contributed by atoms with Crippen LogP contribution in [0.3, 0.4) is 0 Å². The fraction of sp³-hybridized carbons (Fsp3) is 0.333. The first kappa shape index (κ1) is 22.8. The largest absolute Gasteiger partial charge is 0.493 e. The zero-order chi connectivity index (χ0) is 23.8. The Morgan fingerprint density at radius 1 is 1.06 bits per heavy atom. The van der Waals surface area contributed by atoms with Crippen LogP contribution in [0.15, 0.2) is 47.0 Å². The van der Waals surface area contributed by atoms with Crippen molar-refractivity contribution in [1.82, 2.24) is 4.90 Å². The number of ether oxygens (including phenoxy) is 4. The Morgan fingerprint density at radius 3 is 2.42 bits per heavy atom. The third-order valence-electron chi connectivity index (χ3n) is 5.97. The van der Waals surface area contributed by atoms with Crippen LogP contribution in [0.5, 0.6) is 23.0 Å². The van der Waals surface area contributed by atoms with Crippen LogP contribution in [-0.2, 0) is 10.5 Å². The van der Waals surface area contributed by atoms with Gasteiger partial charge in [0.2, 0.25) is 5.91 Å². The van der Waals surface area contributed by atoms with E-state index in [0.717, 1.165) is 0 Å². The van der Waals surface area contributed by atoms with Gasteiger partial charge in [0.05, 0.1) is 50.9 Å². The van der Waals surface area contributed by atoms with Gasteiger partial charge in [0.15, 0.2) is 28.7 Å². The predicted octanol–water partition coefficient (Wildman–Crippen LogP) is 3.36. The maximum atomic E-state index is 13.4. The molecule has 1 amide bonds. The number of aliphatic hydroxyl groups is 1. The first-order valence-corrected chi connectivity index (χ1v) is 11.2. The minimum absolute atomic E-state index is 0.00603. The summed E-state index contributed by atoms with van der Waals surface area (Å²) in [5.41, 5.74) is -0.0494. The fourth-order valence-electron chi connectivity index (χ4n) is 4.38. The lowest BCUT2D eigenvalue weighted by Gasteiger charge is -2.38. The quantitative estimate of drug-likeness (QED) is 0.689. The number of para-hydroxylation sites is 1. The Labute approximate surface area is 196 Å². The van der Waals surface area contributed by atoms with Crippen LogP contribution in [0.4, 0.5) is 0 Å². The predicted molar refractivity (Wildman–Crippen MR) is 122 cm³/mol. The van der Waals surface area contributed by atoms with Crippen molar-refractivity contribution in [2.45, 2.75) is 18.1 Å². The summed E-state index contributed by atoms with van der Waals surface area (Å²) in [5.74, 6) is 1.33. The minimum Gasteiger partial charge on any atom is -0.493 e. The lowest BCUT2D eigenvalue weighted by atomic mass is 9.84. The normalized spacial score (nSPS) is 22.0. The zero-order valence-corrected chi connectivity index (χ0v) is 19.6. The van der Waals surface area contributed by atoms with Crippen molar-refractivity contribution >= 4 is 17.7 Å². The van der Waals surface area contributed by atoms with Crippen LogP contribution in [-0.4, -0.2) is 50.1 Å². The maximum absolute atomic E-state index is 13.4. The van der Waals surface area contributed by atoms with E-state index in [-0.39, 0.29) is 18.1 Å². The van der Waals surface area contributed by atoms with Crippen molar-refractivity contribution in [3.05, 3.63) is 58.1 Å². The lowest BCUT2D eigenvalue weighted by molar-refractivity contribution is -0.149. The number of allylic oxidation sites excluding steroid dienone is 1. The van der Waals surface area contributed by atoms with Crippen LogP contribution < -0.4 is 18.9 Å². The average molecular weight is 469 g/mol. The highest BCUT2D eigenvalue weighted by molar-refractivity contribution is 8.03. The maximum Gasteiger partial charge on any atom is 0.231 e. The van der Waals surface area contributed by atoms with Crippen LogP contribution in [0.2, 0.25) is 0 Å². The van der Waals surface area contributed by atoms with Crippen molar-refractivity contribution < 1.29 is 28.8 Å². The number of hydrogen-bond acceptors (Lipinski definition) is 8. The molecule has 2 aliphatic heterocycles. The van der Waals surface area contributed by atoms with Gasteiger partial charge >= 0.3 is 0 Å². The summed E-state index contributed by atoms with van der Waals surface area (Å²) >= 11 is 1.28. The number of fused-ring (bicyclic) bond motifs is 1. The van der Waals surface area contributed by atoms with E-state index in [1.165, 1.54) is 45.1 Å². The number of hydrogen-bond donors (Lipinski definition) is 1. The fourth-order valence-corrected chi connectivity index (χ4v) is 5.74. The first-order chi connectivity index (χ1) is 15.9. The van der Waals surface area contributed by atoms with Gasteiger partial charge in [-0.05, 0) is 18.2 Å². The molecule has 2 aromatic rings. The van der Waals surface area contributed by atoms with E-state index in [1.54, 1.807) is 30.3 Å². The molecule has 8 nitrogen and oxygen atoms in total. The molecule has 1 saturated heterocycles. The summed E-state index contributed by atoms with van der Waals surface area (Å²) in [7, 11) is 6.10. The standard InChI is InChI=1S/C24H24N2O6S/c1-29-18-9-8-14(10-20(18)31-3)24(28)13-33-23-17(12-25)16(11-21(27)26(23)24)15-6-5-7-19(30-2)22(15)32-4/h5-10,16,28H,11,13H2,1-4H3. The van der Waals surface area contributed by atoms with Crippen molar-refractivity contribution in [2.24, 2.45) is 0 Å². The van der Waals surface area contributed by atoms with Crippen molar-refractivity contribution in [3.63, 3.8) is 0 Å². The smallest absolute Gasteiger partial charge is 0.231 e. The second kappa shape index (κ2) is 8.89. The molecule has 2 atom stereocenters. The number of amides is 1. The number of benzene rings is 2. The molecule has 2 heterocycles. The van der Waals surface area contributed by atoms with E-state index < -0.39 is 11.6 Å². The molecule has 2 unspecified atom stereocenters. The zero-order valence-electron chi connectivity index (χ0n) is 18.7. The summed E-state index contributed by atoms with van der Waals surface area (Å²) in [6, 6.07) is 12.7. The van der Waals surface area contributed by atoms with E-state index in [1.807, 2.05) is 6.07 Å². The minimum atomic E-state index is -1.62. The topological polar surface area (TPSA) is 101 Å². The second-order valence-corrected chi connectivity index (χ2v) is 8.54. The molecule has 4 rings (SSSR count). The number of rotatable bonds is 6. The summed E-state index contributed by atoms with van der Waals surface area (Å²) in [6.45, 7) is 0. The molecule has 172 valence electrons. The number of methoxy groups -OCH3 is 4. The molecule has 0 aliphatic carbocycles. The molecule has 1 N–H and O–H groups in total. The highest BCUT2D eigenvalue weighted by Crippen LogP contribution is 2.53. The van der Waals surface area contributed by atoms with Gasteiger partial charge in [-0.15, -0.1) is 11.8 Å². The molecule has 0 saturated carbocycles. The van der Waals surface area contributed by atoms with Gasteiger partial charge in [0.1, 0.15) is 0 Å². The van der Waals surface area contributed by atoms with Crippen LogP contribution in [0, 0.1) is 11.3 Å². The number of thioether (sulfide) groups is 1. The van der Waals surface area contributed by atoms with E-state index in [2.05, 4.69) is 6.07 Å². The van der Waals surface area contributed by atoms with Crippen molar-refractivity contribution in [2.75, 3.05) is 34.2 Å². The third-order valence-corrected chi connectivity index (χ3v) is 7.19. The Bertz CT molecular complexity index is 1170. The van der Waals surface area contributed by atoms with Crippen LogP contribution >= 0.6 is 11.8 Å².